The first-order valence-corrected chi connectivity index (χ1v) is 3.86. The number of aromatic nitrogens is 3. The number of hydrogen-bond acceptors (Lipinski definition) is 3. The number of rotatable bonds is 2. The van der Waals surface area contributed by atoms with E-state index in [4.69, 9.17) is 5.11 Å². The minimum absolute atomic E-state index is 0.181. The van der Waals surface area contributed by atoms with Crippen LogP contribution in [0.3, 0.4) is 0 Å². The summed E-state index contributed by atoms with van der Waals surface area (Å²) in [4.78, 5) is 10.5. The van der Waals surface area contributed by atoms with Crippen molar-refractivity contribution in [3.05, 3.63) is 12.4 Å². The van der Waals surface area contributed by atoms with Gasteiger partial charge in [-0.05, 0) is 12.8 Å². The van der Waals surface area contributed by atoms with Crippen LogP contribution in [0.1, 0.15) is 18.9 Å². The normalized spacial score (nSPS) is 28.0. The highest BCUT2D eigenvalue weighted by molar-refractivity contribution is 5.71. The van der Waals surface area contributed by atoms with Gasteiger partial charge in [0.05, 0.1) is 18.2 Å². The van der Waals surface area contributed by atoms with E-state index in [0.29, 0.717) is 12.8 Å². The van der Waals surface area contributed by atoms with Crippen LogP contribution in [0, 0.1) is 5.92 Å². The van der Waals surface area contributed by atoms with Crippen molar-refractivity contribution in [2.75, 3.05) is 0 Å². The summed E-state index contributed by atoms with van der Waals surface area (Å²) in [5, 5.41) is 16.1. The number of nitrogens with zero attached hydrogens (tertiary/aromatic N) is 3. The first kappa shape index (κ1) is 7.27. The lowest BCUT2D eigenvalue weighted by molar-refractivity contribution is -0.146. The smallest absolute Gasteiger partial charge is 0.306 e. The molecule has 0 bridgehead atoms. The maximum atomic E-state index is 10.5. The summed E-state index contributed by atoms with van der Waals surface area (Å²) in [6, 6.07) is 0.244. The van der Waals surface area contributed by atoms with Gasteiger partial charge in [-0.3, -0.25) is 4.79 Å². The Morgan fingerprint density at radius 2 is 2.33 bits per heavy atom. The molecule has 0 radical (unpaired) electrons. The Hall–Kier alpha value is -1.39. The molecule has 1 fully saturated rings. The number of carboxylic acid groups (broad SMARTS) is 1. The predicted molar refractivity (Wildman–Crippen MR) is 39.4 cm³/mol. The molecule has 0 atom stereocenters. The maximum Gasteiger partial charge on any atom is 0.306 e. The molecule has 1 aliphatic rings. The molecular weight excluding hydrogens is 158 g/mol. The quantitative estimate of drug-likeness (QED) is 0.688. The second kappa shape index (κ2) is 2.58. The Bertz CT molecular complexity index is 277. The Morgan fingerprint density at radius 3 is 2.83 bits per heavy atom. The lowest BCUT2D eigenvalue weighted by Gasteiger charge is -2.31. The largest absolute Gasteiger partial charge is 0.481 e. The van der Waals surface area contributed by atoms with Gasteiger partial charge in [-0.15, -0.1) is 5.10 Å². The van der Waals surface area contributed by atoms with Gasteiger partial charge in [0.2, 0.25) is 0 Å². The Balaban J connectivity index is 1.94. The van der Waals surface area contributed by atoms with E-state index < -0.39 is 5.97 Å². The summed E-state index contributed by atoms with van der Waals surface area (Å²) >= 11 is 0. The van der Waals surface area contributed by atoms with Crippen LogP contribution in [0.4, 0.5) is 0 Å². The summed E-state index contributed by atoms with van der Waals surface area (Å²) in [7, 11) is 0. The average molecular weight is 167 g/mol. The van der Waals surface area contributed by atoms with Crippen molar-refractivity contribution >= 4 is 5.97 Å². The minimum Gasteiger partial charge on any atom is -0.481 e. The molecule has 5 nitrogen and oxygen atoms in total. The van der Waals surface area contributed by atoms with E-state index in [0.717, 1.165) is 0 Å². The van der Waals surface area contributed by atoms with Gasteiger partial charge in [0, 0.05) is 6.20 Å². The van der Waals surface area contributed by atoms with Gasteiger partial charge in [-0.25, -0.2) is 4.68 Å². The molecule has 12 heavy (non-hydrogen) atoms. The highest BCUT2D eigenvalue weighted by atomic mass is 16.4. The Labute approximate surface area is 69.0 Å². The minimum atomic E-state index is -0.702. The van der Waals surface area contributed by atoms with Gasteiger partial charge in [0.25, 0.3) is 0 Å². The predicted octanol–water partition coefficient (Wildman–Crippen LogP) is 0.314. The molecule has 2 rings (SSSR count). The first-order chi connectivity index (χ1) is 5.77. The third-order valence-corrected chi connectivity index (χ3v) is 2.28. The lowest BCUT2D eigenvalue weighted by Crippen LogP contribution is -2.32. The van der Waals surface area contributed by atoms with Crippen LogP contribution >= 0.6 is 0 Å². The van der Waals surface area contributed by atoms with Gasteiger partial charge < -0.3 is 5.11 Å². The van der Waals surface area contributed by atoms with Crippen LogP contribution in [-0.2, 0) is 4.79 Å². The molecule has 1 saturated carbocycles. The van der Waals surface area contributed by atoms with Crippen molar-refractivity contribution in [3.63, 3.8) is 0 Å². The fraction of sp³-hybridized carbons (Fsp3) is 0.571. The molecular formula is C7H9N3O2. The molecule has 0 amide bonds. The van der Waals surface area contributed by atoms with Crippen molar-refractivity contribution in [1.29, 1.82) is 0 Å². The second-order valence-corrected chi connectivity index (χ2v) is 3.04. The lowest BCUT2D eigenvalue weighted by atomic mass is 9.80. The van der Waals surface area contributed by atoms with Crippen molar-refractivity contribution in [1.82, 2.24) is 15.0 Å². The molecule has 64 valence electrons. The number of carboxylic acids is 1. The Morgan fingerprint density at radius 1 is 1.58 bits per heavy atom. The summed E-state index contributed by atoms with van der Waals surface area (Å²) in [5.74, 6) is -0.884. The zero-order valence-corrected chi connectivity index (χ0v) is 6.42. The van der Waals surface area contributed by atoms with Gasteiger partial charge in [0.1, 0.15) is 0 Å². The fourth-order valence-corrected chi connectivity index (χ4v) is 1.42. The van der Waals surface area contributed by atoms with E-state index in [1.165, 1.54) is 0 Å². The summed E-state index contributed by atoms with van der Waals surface area (Å²) in [6.45, 7) is 0. The molecule has 1 aromatic heterocycles. The highest BCUT2D eigenvalue weighted by Gasteiger charge is 2.35. The first-order valence-electron chi connectivity index (χ1n) is 3.86. The molecule has 0 unspecified atom stereocenters. The number of aliphatic carboxylic acids is 1. The SMILES string of the molecule is O=C(O)C1CC(n2ccnn2)C1. The fourth-order valence-electron chi connectivity index (χ4n) is 1.42. The zero-order chi connectivity index (χ0) is 8.55. The van der Waals surface area contributed by atoms with E-state index in [1.807, 2.05) is 0 Å². The molecule has 0 aliphatic heterocycles. The van der Waals surface area contributed by atoms with Crippen LogP contribution in [0.25, 0.3) is 0 Å². The molecule has 1 aromatic rings. The van der Waals surface area contributed by atoms with Gasteiger partial charge in [0.15, 0.2) is 0 Å². The van der Waals surface area contributed by atoms with Crippen molar-refractivity contribution in [3.8, 4) is 0 Å². The summed E-state index contributed by atoms with van der Waals surface area (Å²) in [5.41, 5.74) is 0. The van der Waals surface area contributed by atoms with Crippen LogP contribution in [0.15, 0.2) is 12.4 Å². The maximum absolute atomic E-state index is 10.5. The van der Waals surface area contributed by atoms with Gasteiger partial charge in [-0.1, -0.05) is 5.21 Å². The molecule has 0 saturated heterocycles. The molecule has 1 N–H and O–H groups in total. The molecule has 1 heterocycles. The third kappa shape index (κ3) is 1.07. The second-order valence-electron chi connectivity index (χ2n) is 3.04. The topological polar surface area (TPSA) is 68.0 Å². The van der Waals surface area contributed by atoms with Crippen LogP contribution < -0.4 is 0 Å². The van der Waals surface area contributed by atoms with Crippen molar-refractivity contribution in [2.45, 2.75) is 18.9 Å². The van der Waals surface area contributed by atoms with Crippen LogP contribution in [0.2, 0.25) is 0 Å². The van der Waals surface area contributed by atoms with Gasteiger partial charge in [-0.2, -0.15) is 0 Å². The van der Waals surface area contributed by atoms with Gasteiger partial charge >= 0.3 is 5.97 Å². The van der Waals surface area contributed by atoms with Crippen molar-refractivity contribution < 1.29 is 9.90 Å². The van der Waals surface area contributed by atoms with Crippen molar-refractivity contribution in [2.24, 2.45) is 5.92 Å². The van der Waals surface area contributed by atoms with E-state index in [9.17, 15) is 4.79 Å². The average Bonchev–Trinajstić information content (AvgIpc) is 2.34. The summed E-state index contributed by atoms with van der Waals surface area (Å²) in [6.07, 6.45) is 4.73. The van der Waals surface area contributed by atoms with E-state index >= 15 is 0 Å². The standard InChI is InChI=1S/C7H9N3O2/c11-7(12)5-3-6(4-5)10-2-1-8-9-10/h1-2,5-6H,3-4H2,(H,11,12). The number of hydrogen-bond donors (Lipinski definition) is 1. The van der Waals surface area contributed by atoms with Crippen LogP contribution in [-0.4, -0.2) is 26.1 Å². The zero-order valence-electron chi connectivity index (χ0n) is 6.42. The Kier molecular flexibility index (Phi) is 1.56. The highest BCUT2D eigenvalue weighted by Crippen LogP contribution is 2.36. The number of carbonyl (C=O) groups is 1. The van der Waals surface area contributed by atoms with E-state index in [-0.39, 0.29) is 12.0 Å². The molecule has 5 heteroatoms. The van der Waals surface area contributed by atoms with Crippen LogP contribution in [0.5, 0.6) is 0 Å². The molecule has 1 aliphatic carbocycles. The molecule has 0 spiro atoms. The van der Waals surface area contributed by atoms with E-state index in [2.05, 4.69) is 10.3 Å². The monoisotopic (exact) mass is 167 g/mol. The molecule has 0 aromatic carbocycles. The summed E-state index contributed by atoms with van der Waals surface area (Å²) < 4.78 is 1.72. The van der Waals surface area contributed by atoms with E-state index in [1.54, 1.807) is 17.1 Å². The third-order valence-electron chi connectivity index (χ3n) is 2.28.